The number of hydrogen-bond acceptors (Lipinski definition) is 2. The predicted molar refractivity (Wildman–Crippen MR) is 53.4 cm³/mol. The third-order valence-corrected chi connectivity index (χ3v) is 1.03. The summed E-state index contributed by atoms with van der Waals surface area (Å²) in [5.41, 5.74) is 0. The van der Waals surface area contributed by atoms with Crippen molar-refractivity contribution in [3.8, 4) is 0 Å². The Labute approximate surface area is 104 Å². The van der Waals surface area contributed by atoms with E-state index in [1.54, 1.807) is 24.5 Å². The Kier molecular flexibility index (Phi) is 13.8. The fraction of sp³-hybridized carbons (Fsp3) is 0. The maximum Gasteiger partial charge on any atom is 2.00 e. The van der Waals surface area contributed by atoms with Gasteiger partial charge in [0, 0.05) is 0 Å². The second-order valence-electron chi connectivity index (χ2n) is 1.92. The van der Waals surface area contributed by atoms with E-state index in [4.69, 9.17) is 0 Å². The van der Waals surface area contributed by atoms with Crippen LogP contribution >= 0.6 is 12.4 Å². The Balaban J connectivity index is 0. The maximum atomic E-state index is 3.66. The van der Waals surface area contributed by atoms with Crippen molar-refractivity contribution in [2.75, 3.05) is 0 Å². The number of pyridine rings is 2. The topological polar surface area (TPSA) is 25.8 Å². The van der Waals surface area contributed by atoms with E-state index in [0.717, 1.165) is 0 Å². The summed E-state index contributed by atoms with van der Waals surface area (Å²) in [4.78, 5) is 7.32. The largest absolute Gasteiger partial charge is 2.00 e. The molecule has 0 bridgehead atoms. The van der Waals surface area contributed by atoms with Gasteiger partial charge in [-0.15, -0.1) is 12.4 Å². The molecule has 0 aliphatic rings. The number of nitrogens with zero attached hydrogens (tertiary/aromatic N) is 2. The molecule has 2 aromatic heterocycles. The van der Waals surface area contributed by atoms with Gasteiger partial charge in [-0.3, -0.25) is 0 Å². The van der Waals surface area contributed by atoms with Crippen LogP contribution in [0.1, 0.15) is 0 Å². The van der Waals surface area contributed by atoms with Gasteiger partial charge in [-0.05, 0) is 0 Å². The third kappa shape index (κ3) is 9.34. The molecule has 0 spiro atoms. The van der Waals surface area contributed by atoms with Crippen LogP contribution in [0.2, 0.25) is 0 Å². The molecule has 76 valence electrons. The van der Waals surface area contributed by atoms with Crippen LogP contribution in [0.3, 0.4) is 0 Å². The molecule has 4 heteroatoms. The van der Waals surface area contributed by atoms with Crippen LogP contribution in [0.5, 0.6) is 0 Å². The molecule has 2 rings (SSSR count). The summed E-state index contributed by atoms with van der Waals surface area (Å²) < 4.78 is 0. The molecule has 0 saturated carbocycles. The van der Waals surface area contributed by atoms with E-state index in [1.807, 2.05) is 24.3 Å². The van der Waals surface area contributed by atoms with Crippen LogP contribution < -0.4 is 0 Å². The molecule has 0 N–H and O–H groups in total. The summed E-state index contributed by atoms with van der Waals surface area (Å²) in [6, 6.07) is 11.0. The summed E-state index contributed by atoms with van der Waals surface area (Å²) in [5, 5.41) is 0. The van der Waals surface area contributed by atoms with Crippen molar-refractivity contribution in [2.45, 2.75) is 0 Å². The second kappa shape index (κ2) is 12.3. The van der Waals surface area contributed by atoms with Gasteiger partial charge >= 0.3 is 20.4 Å². The molecule has 2 aromatic rings. The quantitative estimate of drug-likeness (QED) is 0.550. The van der Waals surface area contributed by atoms with Crippen LogP contribution in [0.15, 0.2) is 48.8 Å². The molecule has 0 saturated heterocycles. The summed E-state index contributed by atoms with van der Waals surface area (Å²) in [6.07, 6.45) is 8.67. The molecule has 0 radical (unpaired) electrons. The van der Waals surface area contributed by atoms with Crippen molar-refractivity contribution < 1.29 is 20.4 Å². The molecule has 2 heterocycles. The minimum Gasteiger partial charge on any atom is -0.394 e. The molecule has 0 aliphatic heterocycles. The van der Waals surface area contributed by atoms with E-state index >= 15 is 0 Å². The molecular weight excluding hydrogens is 290 g/mol. The van der Waals surface area contributed by atoms with Crippen LogP contribution in [-0.2, 0) is 20.4 Å². The Bertz CT molecular complexity index is 194. The number of rotatable bonds is 0. The van der Waals surface area contributed by atoms with Gasteiger partial charge in [-0.25, -0.2) is 0 Å². The second-order valence-corrected chi connectivity index (χ2v) is 1.92. The SMILES string of the molecule is Cl.[Pd+2].[c-]1ccccn1.[c-]1ccccn1. The van der Waals surface area contributed by atoms with E-state index in [2.05, 4.69) is 22.4 Å². The van der Waals surface area contributed by atoms with E-state index < -0.39 is 0 Å². The van der Waals surface area contributed by atoms with Gasteiger partial charge < -0.3 is 9.97 Å². The smallest absolute Gasteiger partial charge is 0.394 e. The zero-order valence-corrected chi connectivity index (χ0v) is 9.61. The molecule has 0 atom stereocenters. The fourth-order valence-corrected chi connectivity index (χ4v) is 0.555. The Hall–Kier alpha value is -0.748. The normalized spacial score (nSPS) is 6.86. The Morgan fingerprint density at radius 3 is 1.21 bits per heavy atom. The third-order valence-electron chi connectivity index (χ3n) is 1.03. The van der Waals surface area contributed by atoms with Gasteiger partial charge in [0.25, 0.3) is 0 Å². The minimum atomic E-state index is 0. The van der Waals surface area contributed by atoms with Gasteiger partial charge in [-0.1, -0.05) is 24.8 Å². The molecule has 0 aromatic carbocycles. The summed E-state index contributed by atoms with van der Waals surface area (Å²) in [5.74, 6) is 0. The van der Waals surface area contributed by atoms with Gasteiger partial charge in [0.1, 0.15) is 0 Å². The maximum absolute atomic E-state index is 3.66. The molecule has 2 nitrogen and oxygen atoms in total. The van der Waals surface area contributed by atoms with E-state index in [-0.39, 0.29) is 32.8 Å². The number of hydrogen-bond donors (Lipinski definition) is 0. The van der Waals surface area contributed by atoms with Crippen LogP contribution in [0.4, 0.5) is 0 Å². The average Bonchev–Trinajstić information content (AvgIpc) is 2.24. The van der Waals surface area contributed by atoms with Crippen LogP contribution in [-0.4, -0.2) is 9.97 Å². The van der Waals surface area contributed by atoms with Gasteiger partial charge in [-0.2, -0.15) is 36.4 Å². The Morgan fingerprint density at radius 1 is 0.714 bits per heavy atom. The first-order chi connectivity index (χ1) is 6.00. The first-order valence-electron chi connectivity index (χ1n) is 3.54. The zero-order chi connectivity index (χ0) is 8.49. The molecule has 0 aliphatic carbocycles. The molecule has 0 unspecified atom stereocenters. The van der Waals surface area contributed by atoms with Gasteiger partial charge in [0.05, 0.1) is 0 Å². The van der Waals surface area contributed by atoms with Crippen molar-refractivity contribution >= 4 is 12.4 Å². The van der Waals surface area contributed by atoms with Crippen molar-refractivity contribution in [1.29, 1.82) is 0 Å². The number of aromatic nitrogens is 2. The average molecular weight is 299 g/mol. The van der Waals surface area contributed by atoms with Crippen LogP contribution in [0.25, 0.3) is 0 Å². The minimum absolute atomic E-state index is 0. The van der Waals surface area contributed by atoms with Crippen molar-refractivity contribution in [3.63, 3.8) is 0 Å². The first-order valence-corrected chi connectivity index (χ1v) is 3.54. The predicted octanol–water partition coefficient (Wildman–Crippen LogP) is 2.18. The summed E-state index contributed by atoms with van der Waals surface area (Å²) >= 11 is 0. The van der Waals surface area contributed by atoms with E-state index in [1.165, 1.54) is 0 Å². The van der Waals surface area contributed by atoms with E-state index in [0.29, 0.717) is 0 Å². The van der Waals surface area contributed by atoms with E-state index in [9.17, 15) is 0 Å². The summed E-state index contributed by atoms with van der Waals surface area (Å²) in [7, 11) is 0. The molecular formula is C10H9ClN2Pd. The van der Waals surface area contributed by atoms with Crippen molar-refractivity contribution in [1.82, 2.24) is 9.97 Å². The zero-order valence-electron chi connectivity index (χ0n) is 7.24. The first kappa shape index (κ1) is 15.7. The molecule has 0 fully saturated rings. The summed E-state index contributed by atoms with van der Waals surface area (Å²) in [6.45, 7) is 0. The molecule has 0 amide bonds. The van der Waals surface area contributed by atoms with Crippen molar-refractivity contribution in [2.24, 2.45) is 0 Å². The standard InChI is InChI=1S/2C5H4N.ClH.Pd/c2*1-2-4-6-5-3-1;;/h2*1-4H;1H;/q2*-1;;+2. The van der Waals surface area contributed by atoms with Gasteiger partial charge in [0.15, 0.2) is 0 Å². The van der Waals surface area contributed by atoms with Gasteiger partial charge in [0.2, 0.25) is 0 Å². The van der Waals surface area contributed by atoms with Crippen molar-refractivity contribution in [3.05, 3.63) is 61.2 Å². The van der Waals surface area contributed by atoms with Crippen LogP contribution in [0, 0.1) is 12.4 Å². The Morgan fingerprint density at radius 2 is 1.14 bits per heavy atom. The monoisotopic (exact) mass is 298 g/mol. The number of halogens is 1. The molecule has 14 heavy (non-hydrogen) atoms. The fourth-order valence-electron chi connectivity index (χ4n) is 0.555.